The van der Waals surface area contributed by atoms with E-state index in [0.717, 1.165) is 16.7 Å². The lowest BCUT2D eigenvalue weighted by Crippen LogP contribution is -2.39. The van der Waals surface area contributed by atoms with E-state index in [4.69, 9.17) is 14.2 Å². The minimum atomic E-state index is -0.658. The van der Waals surface area contributed by atoms with Gasteiger partial charge in [0, 0.05) is 0 Å². The summed E-state index contributed by atoms with van der Waals surface area (Å²) in [5, 5.41) is 10.7. The van der Waals surface area contributed by atoms with Gasteiger partial charge in [-0.05, 0) is 16.7 Å². The topological polar surface area (TPSA) is 47.9 Å². The van der Waals surface area contributed by atoms with Crippen molar-refractivity contribution >= 4 is 11.8 Å². The minimum Gasteiger partial charge on any atom is -0.380 e. The van der Waals surface area contributed by atoms with Crippen LogP contribution in [0.5, 0.6) is 0 Å². The third-order valence-corrected chi connectivity index (χ3v) is 6.55. The third kappa shape index (κ3) is 6.42. The van der Waals surface area contributed by atoms with Crippen LogP contribution in [0.25, 0.3) is 0 Å². The molecule has 1 aliphatic heterocycles. The Hall–Kier alpha value is -2.15. The fourth-order valence-corrected chi connectivity index (χ4v) is 4.93. The summed E-state index contributed by atoms with van der Waals surface area (Å²) in [5.41, 5.74) is 2.64. The normalized spacial score (nSPS) is 23.1. The molecule has 0 bridgehead atoms. The number of ether oxygens (including phenoxy) is 3. The van der Waals surface area contributed by atoms with Crippen LogP contribution in [0.1, 0.15) is 16.7 Å². The average Bonchev–Trinajstić information content (AvgIpc) is 3.12. The van der Waals surface area contributed by atoms with Crippen LogP contribution in [0.2, 0.25) is 0 Å². The van der Waals surface area contributed by atoms with Crippen molar-refractivity contribution in [3.8, 4) is 0 Å². The predicted molar refractivity (Wildman–Crippen MR) is 124 cm³/mol. The molecule has 4 nitrogen and oxygen atoms in total. The monoisotopic (exact) mass is 436 g/mol. The van der Waals surface area contributed by atoms with Gasteiger partial charge >= 0.3 is 0 Å². The van der Waals surface area contributed by atoms with E-state index in [1.807, 2.05) is 91.0 Å². The van der Waals surface area contributed by atoms with Gasteiger partial charge in [0.25, 0.3) is 0 Å². The first-order valence-corrected chi connectivity index (χ1v) is 11.5. The number of rotatable bonds is 10. The second kappa shape index (κ2) is 11.5. The van der Waals surface area contributed by atoms with Gasteiger partial charge in [0.15, 0.2) is 0 Å². The smallest absolute Gasteiger partial charge is 0.128 e. The van der Waals surface area contributed by atoms with Crippen molar-refractivity contribution < 1.29 is 19.3 Å². The number of benzene rings is 3. The van der Waals surface area contributed by atoms with Crippen LogP contribution >= 0.6 is 11.8 Å². The highest BCUT2D eigenvalue weighted by Gasteiger charge is 2.45. The summed E-state index contributed by atoms with van der Waals surface area (Å²) in [6, 6.07) is 30.2. The Morgan fingerprint density at radius 2 is 1.06 bits per heavy atom. The lowest BCUT2D eigenvalue weighted by Gasteiger charge is -2.25. The van der Waals surface area contributed by atoms with Crippen LogP contribution in [-0.2, 0) is 34.0 Å². The van der Waals surface area contributed by atoms with Crippen molar-refractivity contribution in [1.82, 2.24) is 0 Å². The van der Waals surface area contributed by atoms with E-state index >= 15 is 0 Å². The van der Waals surface area contributed by atoms with Crippen molar-refractivity contribution in [1.29, 1.82) is 0 Å². The fraction of sp³-hybridized carbons (Fsp3) is 0.308. The molecule has 0 spiro atoms. The first kappa shape index (κ1) is 22.1. The summed E-state index contributed by atoms with van der Waals surface area (Å²) < 4.78 is 18.4. The summed E-state index contributed by atoms with van der Waals surface area (Å²) >= 11 is 1.47. The zero-order valence-corrected chi connectivity index (χ0v) is 18.2. The standard InChI is InChI=1S/C26H28O4S/c27-26-25(30-18-22-14-8-3-9-15-22)24(29-17-21-12-6-2-7-13-21)23(31-26)19-28-16-20-10-4-1-5-11-20/h1-15,23-27H,16-19H2/t23-,24+,25-,26?/m0/s1. The molecule has 31 heavy (non-hydrogen) atoms. The average molecular weight is 437 g/mol. The van der Waals surface area contributed by atoms with Gasteiger partial charge in [-0.2, -0.15) is 0 Å². The molecule has 0 aliphatic carbocycles. The van der Waals surface area contributed by atoms with Crippen LogP contribution in [0.15, 0.2) is 91.0 Å². The molecule has 4 atom stereocenters. The molecule has 0 aromatic heterocycles. The lowest BCUT2D eigenvalue weighted by atomic mass is 10.1. The minimum absolute atomic E-state index is 0.0109. The van der Waals surface area contributed by atoms with Crippen LogP contribution in [0, 0.1) is 0 Å². The number of thioether (sulfide) groups is 1. The molecule has 1 saturated heterocycles. The van der Waals surface area contributed by atoms with Crippen molar-refractivity contribution in [2.45, 2.75) is 42.7 Å². The molecule has 1 N–H and O–H groups in total. The second-order valence-electron chi connectivity index (χ2n) is 7.59. The Balaban J connectivity index is 1.39. The molecule has 0 saturated carbocycles. The van der Waals surface area contributed by atoms with E-state index in [2.05, 4.69) is 0 Å². The van der Waals surface area contributed by atoms with Crippen molar-refractivity contribution in [3.63, 3.8) is 0 Å². The van der Waals surface area contributed by atoms with Gasteiger partial charge in [0.2, 0.25) is 0 Å². The Labute approximate surface area is 188 Å². The Morgan fingerprint density at radius 3 is 1.58 bits per heavy atom. The van der Waals surface area contributed by atoms with Gasteiger partial charge < -0.3 is 19.3 Å². The molecule has 0 radical (unpaired) electrons. The first-order chi connectivity index (χ1) is 15.3. The van der Waals surface area contributed by atoms with E-state index in [1.165, 1.54) is 11.8 Å². The molecule has 5 heteroatoms. The van der Waals surface area contributed by atoms with Gasteiger partial charge in [0.05, 0.1) is 31.7 Å². The highest BCUT2D eigenvalue weighted by molar-refractivity contribution is 8.00. The van der Waals surface area contributed by atoms with Crippen LogP contribution < -0.4 is 0 Å². The van der Waals surface area contributed by atoms with E-state index in [0.29, 0.717) is 26.4 Å². The molecule has 1 unspecified atom stereocenters. The summed E-state index contributed by atoms with van der Waals surface area (Å²) in [6.45, 7) is 1.93. The highest BCUT2D eigenvalue weighted by atomic mass is 32.2. The zero-order valence-electron chi connectivity index (χ0n) is 17.4. The SMILES string of the molecule is OC1S[C@@H](COCc2ccccc2)[C@@H](OCc2ccccc2)[C@@H]1OCc1ccccc1. The molecule has 1 aliphatic rings. The summed E-state index contributed by atoms with van der Waals surface area (Å²) in [7, 11) is 0. The molecule has 1 fully saturated rings. The molecular formula is C26H28O4S. The van der Waals surface area contributed by atoms with Gasteiger partial charge in [0.1, 0.15) is 17.6 Å². The predicted octanol–water partition coefficient (Wildman–Crippen LogP) is 4.81. The number of aliphatic hydroxyl groups is 1. The molecular weight excluding hydrogens is 408 g/mol. The third-order valence-electron chi connectivity index (χ3n) is 5.25. The van der Waals surface area contributed by atoms with Crippen molar-refractivity contribution in [2.24, 2.45) is 0 Å². The zero-order chi connectivity index (χ0) is 21.3. The summed E-state index contributed by atoms with van der Waals surface area (Å²) in [6.07, 6.45) is -0.682. The van der Waals surface area contributed by atoms with E-state index in [1.54, 1.807) is 0 Å². The molecule has 1 heterocycles. The number of hydrogen-bond donors (Lipinski definition) is 1. The van der Waals surface area contributed by atoms with E-state index in [-0.39, 0.29) is 11.4 Å². The summed E-state index contributed by atoms with van der Waals surface area (Å²) in [5.74, 6) is 0. The molecule has 162 valence electrons. The first-order valence-electron chi connectivity index (χ1n) is 10.6. The Morgan fingerprint density at radius 1 is 0.613 bits per heavy atom. The maximum atomic E-state index is 10.7. The molecule has 3 aromatic carbocycles. The molecule has 4 rings (SSSR count). The Bertz CT molecular complexity index is 891. The highest BCUT2D eigenvalue weighted by Crippen LogP contribution is 2.38. The van der Waals surface area contributed by atoms with Gasteiger partial charge in [-0.3, -0.25) is 0 Å². The van der Waals surface area contributed by atoms with Gasteiger partial charge in [-0.15, -0.1) is 11.8 Å². The second-order valence-corrected chi connectivity index (χ2v) is 8.95. The van der Waals surface area contributed by atoms with Gasteiger partial charge in [-0.1, -0.05) is 91.0 Å². The summed E-state index contributed by atoms with van der Waals surface area (Å²) in [4.78, 5) is 0. The van der Waals surface area contributed by atoms with Crippen LogP contribution in [0.4, 0.5) is 0 Å². The van der Waals surface area contributed by atoms with E-state index in [9.17, 15) is 5.11 Å². The maximum Gasteiger partial charge on any atom is 0.128 e. The Kier molecular flexibility index (Phi) is 8.16. The van der Waals surface area contributed by atoms with E-state index < -0.39 is 11.5 Å². The van der Waals surface area contributed by atoms with Gasteiger partial charge in [-0.25, -0.2) is 0 Å². The molecule has 0 amide bonds. The largest absolute Gasteiger partial charge is 0.380 e. The lowest BCUT2D eigenvalue weighted by molar-refractivity contribution is -0.107. The number of aliphatic hydroxyl groups excluding tert-OH is 1. The van der Waals surface area contributed by atoms with Crippen LogP contribution in [-0.4, -0.2) is 34.6 Å². The maximum absolute atomic E-state index is 10.7. The fourth-order valence-electron chi connectivity index (χ4n) is 3.62. The van der Waals surface area contributed by atoms with Crippen LogP contribution in [0.3, 0.4) is 0 Å². The number of hydrogen-bond acceptors (Lipinski definition) is 5. The van der Waals surface area contributed by atoms with Crippen molar-refractivity contribution in [2.75, 3.05) is 6.61 Å². The quantitative estimate of drug-likeness (QED) is 0.494. The molecule has 3 aromatic rings. The van der Waals surface area contributed by atoms with Crippen molar-refractivity contribution in [3.05, 3.63) is 108 Å².